The van der Waals surface area contributed by atoms with E-state index in [0.717, 1.165) is 29.7 Å². The number of carbonyl (C=O) groups is 3. The van der Waals surface area contributed by atoms with Crippen LogP contribution in [0.5, 0.6) is 0 Å². The van der Waals surface area contributed by atoms with E-state index in [1.165, 1.54) is 0 Å². The summed E-state index contributed by atoms with van der Waals surface area (Å²) in [6, 6.07) is 18.7. The van der Waals surface area contributed by atoms with E-state index < -0.39 is 5.97 Å². The van der Waals surface area contributed by atoms with E-state index >= 15 is 0 Å². The first-order chi connectivity index (χ1) is 15.8. The van der Waals surface area contributed by atoms with Crippen molar-refractivity contribution in [1.29, 1.82) is 5.41 Å². The van der Waals surface area contributed by atoms with Crippen molar-refractivity contribution in [2.45, 2.75) is 6.92 Å². The molecule has 1 amide bonds. The van der Waals surface area contributed by atoms with Gasteiger partial charge in [-0.1, -0.05) is 42.5 Å². The summed E-state index contributed by atoms with van der Waals surface area (Å²) in [6.07, 6.45) is 0.922. The van der Waals surface area contributed by atoms with Crippen molar-refractivity contribution < 1.29 is 19.5 Å². The first-order valence-electron chi connectivity index (χ1n) is 10.5. The Kier molecular flexibility index (Phi) is 7.40. The van der Waals surface area contributed by atoms with Crippen molar-refractivity contribution in [3.8, 4) is 0 Å². The van der Waals surface area contributed by atoms with Crippen LogP contribution in [0.4, 0.5) is 5.69 Å². The van der Waals surface area contributed by atoms with E-state index in [1.54, 1.807) is 24.3 Å². The van der Waals surface area contributed by atoms with Crippen LogP contribution in [-0.2, 0) is 4.79 Å². The van der Waals surface area contributed by atoms with Gasteiger partial charge in [0.05, 0.1) is 0 Å². The first-order valence-corrected chi connectivity index (χ1v) is 10.5. The van der Waals surface area contributed by atoms with Crippen molar-refractivity contribution in [2.24, 2.45) is 5.73 Å². The normalized spacial score (nSPS) is 13.1. The topological polar surface area (TPSA) is 128 Å². The number of nitrogens with two attached hydrogens (primary N) is 1. The molecule has 170 valence electrons. The van der Waals surface area contributed by atoms with Gasteiger partial charge in [-0.3, -0.25) is 19.8 Å². The molecular weight excluding hydrogens is 420 g/mol. The van der Waals surface area contributed by atoms with Crippen LogP contribution < -0.4 is 10.6 Å². The zero-order valence-electron chi connectivity index (χ0n) is 18.3. The molecule has 0 aliphatic carbocycles. The zero-order chi connectivity index (χ0) is 24.0. The molecule has 1 saturated heterocycles. The largest absolute Gasteiger partial charge is 0.481 e. The van der Waals surface area contributed by atoms with Crippen LogP contribution in [0.1, 0.15) is 33.2 Å². The lowest BCUT2D eigenvalue weighted by Crippen LogP contribution is -2.49. The molecule has 1 aliphatic heterocycles. The van der Waals surface area contributed by atoms with Gasteiger partial charge in [-0.15, -0.1) is 0 Å². The highest BCUT2D eigenvalue weighted by atomic mass is 16.4. The summed E-state index contributed by atoms with van der Waals surface area (Å²) in [7, 11) is 0. The van der Waals surface area contributed by atoms with E-state index in [1.807, 2.05) is 41.3 Å². The highest BCUT2D eigenvalue weighted by Gasteiger charge is 2.24. The third-order valence-electron chi connectivity index (χ3n) is 5.42. The number of carboxylic acids is 1. The number of aliphatic carboxylic acids is 1. The molecule has 33 heavy (non-hydrogen) atoms. The molecule has 0 radical (unpaired) electrons. The Morgan fingerprint density at radius 1 is 0.939 bits per heavy atom. The second kappa shape index (κ2) is 10.4. The number of fused-ring (bicyclic) bond motifs is 1. The molecule has 4 rings (SSSR count). The Labute approximate surface area is 191 Å². The number of carbonyl (C=O) groups excluding carboxylic acids is 2. The average Bonchev–Trinajstić information content (AvgIpc) is 2.82. The predicted molar refractivity (Wildman–Crippen MR) is 128 cm³/mol. The van der Waals surface area contributed by atoms with Gasteiger partial charge >= 0.3 is 0 Å². The summed E-state index contributed by atoms with van der Waals surface area (Å²) in [5, 5.41) is 16.9. The van der Waals surface area contributed by atoms with Crippen molar-refractivity contribution in [3.05, 3.63) is 77.4 Å². The smallest absolute Gasteiger partial charge is 0.300 e. The molecule has 0 bridgehead atoms. The number of anilines is 1. The van der Waals surface area contributed by atoms with Gasteiger partial charge < -0.3 is 20.6 Å². The van der Waals surface area contributed by atoms with Gasteiger partial charge in [0, 0.05) is 55.5 Å². The van der Waals surface area contributed by atoms with Crippen LogP contribution in [0.25, 0.3) is 10.8 Å². The van der Waals surface area contributed by atoms with Crippen molar-refractivity contribution >= 4 is 40.5 Å². The number of hydrogen-bond donors (Lipinski definition) is 3. The number of piperazine rings is 1. The second-order valence-corrected chi connectivity index (χ2v) is 7.63. The molecule has 8 heteroatoms. The highest BCUT2D eigenvalue weighted by Crippen LogP contribution is 2.28. The van der Waals surface area contributed by atoms with Crippen LogP contribution in [0, 0.1) is 5.41 Å². The average molecular weight is 447 g/mol. The number of rotatable bonds is 4. The fraction of sp³-hybridized carbons (Fsp3) is 0.200. The summed E-state index contributed by atoms with van der Waals surface area (Å²) in [6.45, 7) is 3.57. The Bertz CT molecular complexity index is 1180. The van der Waals surface area contributed by atoms with E-state index in [2.05, 4.69) is 4.90 Å². The second-order valence-electron chi connectivity index (χ2n) is 7.63. The van der Waals surface area contributed by atoms with Crippen LogP contribution in [0.3, 0.4) is 0 Å². The maximum absolute atomic E-state index is 12.8. The molecular formula is C25H26N4O4. The minimum absolute atomic E-state index is 0.0148. The summed E-state index contributed by atoms with van der Waals surface area (Å²) >= 11 is 0. The van der Waals surface area contributed by atoms with Crippen molar-refractivity contribution in [2.75, 3.05) is 31.1 Å². The van der Waals surface area contributed by atoms with Gasteiger partial charge in [0.1, 0.15) is 5.84 Å². The third-order valence-corrected chi connectivity index (χ3v) is 5.42. The maximum atomic E-state index is 12.8. The summed E-state index contributed by atoms with van der Waals surface area (Å²) in [5.74, 6) is -0.882. The van der Waals surface area contributed by atoms with Gasteiger partial charge in [-0.2, -0.15) is 0 Å². The summed E-state index contributed by atoms with van der Waals surface area (Å²) < 4.78 is 0. The van der Waals surface area contributed by atoms with Gasteiger partial charge in [-0.05, 0) is 29.0 Å². The number of aldehydes is 1. The molecule has 3 aromatic rings. The van der Waals surface area contributed by atoms with E-state index in [4.69, 9.17) is 21.0 Å². The van der Waals surface area contributed by atoms with Crippen LogP contribution >= 0.6 is 0 Å². The minimum Gasteiger partial charge on any atom is -0.481 e. The lowest BCUT2D eigenvalue weighted by atomic mass is 10.0. The van der Waals surface area contributed by atoms with Gasteiger partial charge in [0.25, 0.3) is 11.9 Å². The molecule has 0 atom stereocenters. The molecule has 8 nitrogen and oxygen atoms in total. The maximum Gasteiger partial charge on any atom is 0.300 e. The monoisotopic (exact) mass is 446 g/mol. The van der Waals surface area contributed by atoms with E-state index in [0.29, 0.717) is 42.9 Å². The molecule has 0 unspecified atom stereocenters. The summed E-state index contributed by atoms with van der Waals surface area (Å²) in [4.78, 5) is 37.6. The Morgan fingerprint density at radius 3 is 2.09 bits per heavy atom. The van der Waals surface area contributed by atoms with E-state index in [9.17, 15) is 9.59 Å². The van der Waals surface area contributed by atoms with E-state index in [-0.39, 0.29) is 11.7 Å². The van der Waals surface area contributed by atoms with Gasteiger partial charge in [0.2, 0.25) is 0 Å². The zero-order valence-corrected chi connectivity index (χ0v) is 18.3. The number of amides is 1. The number of hydrogen-bond acceptors (Lipinski definition) is 5. The summed E-state index contributed by atoms with van der Waals surface area (Å²) in [5.41, 5.74) is 8.27. The molecule has 0 spiro atoms. The van der Waals surface area contributed by atoms with Crippen molar-refractivity contribution in [1.82, 2.24) is 4.90 Å². The molecule has 4 N–H and O–H groups in total. The highest BCUT2D eigenvalue weighted by molar-refractivity contribution is 6.04. The van der Waals surface area contributed by atoms with Crippen LogP contribution in [0.15, 0.2) is 60.7 Å². The molecule has 0 aromatic heterocycles. The lowest BCUT2D eigenvalue weighted by molar-refractivity contribution is -0.134. The first kappa shape index (κ1) is 23.5. The molecule has 1 fully saturated rings. The number of nitrogens with one attached hydrogen (secondary N) is 1. The number of amidine groups is 1. The van der Waals surface area contributed by atoms with Gasteiger partial charge in [0.15, 0.2) is 6.29 Å². The molecule has 0 saturated carbocycles. The standard InChI is InChI=1S/C23H22N4O2.C2H4O2/c24-22(25)17-5-7-18(8-6-17)23(29)27-13-11-26(12-14-27)21-10-9-16-3-1-2-4-19(16)20(21)15-28;1-2(3)4/h1-10,15H,11-14H2,(H3,24,25);1H3,(H,3,4). The Hall–Kier alpha value is -4.20. The fourth-order valence-electron chi connectivity index (χ4n) is 3.81. The number of benzene rings is 3. The molecule has 1 heterocycles. The fourth-order valence-corrected chi connectivity index (χ4v) is 3.81. The predicted octanol–water partition coefficient (Wildman–Crippen LogP) is 2.99. The minimum atomic E-state index is -0.833. The quantitative estimate of drug-likeness (QED) is 0.321. The number of carboxylic acid groups (broad SMARTS) is 1. The molecule has 3 aromatic carbocycles. The van der Waals surface area contributed by atoms with Crippen molar-refractivity contribution in [3.63, 3.8) is 0 Å². The lowest BCUT2D eigenvalue weighted by Gasteiger charge is -2.37. The number of nitrogen functional groups attached to an aromatic ring is 1. The number of nitrogens with zero attached hydrogens (tertiary/aromatic N) is 2. The van der Waals surface area contributed by atoms with Crippen LogP contribution in [-0.4, -0.2) is 60.2 Å². The third kappa shape index (κ3) is 5.54. The Balaban J connectivity index is 0.000000709. The van der Waals surface area contributed by atoms with Gasteiger partial charge in [-0.25, -0.2) is 0 Å². The van der Waals surface area contributed by atoms with Crippen LogP contribution in [0.2, 0.25) is 0 Å². The Morgan fingerprint density at radius 2 is 1.52 bits per heavy atom. The molecule has 1 aliphatic rings. The SMILES string of the molecule is CC(=O)O.N=C(N)c1ccc(C(=O)N2CCN(c3ccc4ccccc4c3C=O)CC2)cc1.